The summed E-state index contributed by atoms with van der Waals surface area (Å²) in [6.45, 7) is 5.31. The highest BCUT2D eigenvalue weighted by Gasteiger charge is 2.20. The van der Waals surface area contributed by atoms with Crippen LogP contribution in [0, 0.1) is 5.92 Å². The molecule has 0 amide bonds. The molecule has 1 heterocycles. The lowest BCUT2D eigenvalue weighted by atomic mass is 10.0. The molecule has 10 heavy (non-hydrogen) atoms. The van der Waals surface area contributed by atoms with Crippen LogP contribution in [-0.2, 0) is 4.79 Å². The Morgan fingerprint density at radius 2 is 2.60 bits per heavy atom. The van der Waals surface area contributed by atoms with Crippen LogP contribution >= 0.6 is 0 Å². The largest absolute Gasteiger partial charge is 0.481 e. The highest BCUT2D eigenvalue weighted by molar-refractivity contribution is 5.67. The minimum Gasteiger partial charge on any atom is -0.481 e. The van der Waals surface area contributed by atoms with Crippen molar-refractivity contribution in [2.24, 2.45) is 5.92 Å². The second-order valence-corrected chi connectivity index (χ2v) is 2.58. The van der Waals surface area contributed by atoms with E-state index in [1.165, 1.54) is 0 Å². The number of nitrogens with one attached hydrogen (secondary N) is 1. The molecule has 1 rings (SSSR count). The highest BCUT2D eigenvalue weighted by Crippen LogP contribution is 2.16. The zero-order chi connectivity index (χ0) is 7.56. The maximum atomic E-state index is 10.2. The lowest BCUT2D eigenvalue weighted by Gasteiger charge is -2.04. The van der Waals surface area contributed by atoms with Gasteiger partial charge >= 0.3 is 5.97 Å². The topological polar surface area (TPSA) is 49.3 Å². The average molecular weight is 141 g/mol. The first-order valence-electron chi connectivity index (χ1n) is 3.30. The van der Waals surface area contributed by atoms with Crippen molar-refractivity contribution in [1.82, 2.24) is 5.32 Å². The first kappa shape index (κ1) is 7.28. The Labute approximate surface area is 59.7 Å². The molecule has 0 saturated carbocycles. The van der Waals surface area contributed by atoms with Crippen LogP contribution in [0.2, 0.25) is 0 Å². The zero-order valence-corrected chi connectivity index (χ0v) is 5.76. The number of carboxylic acids is 1. The standard InChI is InChI=1S/C7H11NO2/c1-5-3-8-4-6(5)2-7(9)10/h6,8H,1-4H2,(H,9,10). The molecule has 1 aliphatic heterocycles. The molecule has 0 spiro atoms. The lowest BCUT2D eigenvalue weighted by Crippen LogP contribution is -2.12. The molecular formula is C7H11NO2. The third-order valence-corrected chi connectivity index (χ3v) is 1.74. The van der Waals surface area contributed by atoms with Gasteiger partial charge in [-0.05, 0) is 0 Å². The fourth-order valence-corrected chi connectivity index (χ4v) is 1.12. The van der Waals surface area contributed by atoms with E-state index in [0.717, 1.165) is 18.7 Å². The Morgan fingerprint density at radius 3 is 3.00 bits per heavy atom. The molecule has 0 radical (unpaired) electrons. The number of hydrogen-bond donors (Lipinski definition) is 2. The molecule has 3 heteroatoms. The van der Waals surface area contributed by atoms with Gasteiger partial charge in [0.2, 0.25) is 0 Å². The van der Waals surface area contributed by atoms with E-state index in [-0.39, 0.29) is 12.3 Å². The summed E-state index contributed by atoms with van der Waals surface area (Å²) in [6, 6.07) is 0. The van der Waals surface area contributed by atoms with Crippen LogP contribution in [0.15, 0.2) is 12.2 Å². The van der Waals surface area contributed by atoms with E-state index >= 15 is 0 Å². The van der Waals surface area contributed by atoms with Crippen LogP contribution in [0.5, 0.6) is 0 Å². The van der Waals surface area contributed by atoms with E-state index in [0.29, 0.717) is 0 Å². The number of rotatable bonds is 2. The third-order valence-electron chi connectivity index (χ3n) is 1.74. The average Bonchev–Trinajstić information content (AvgIpc) is 2.15. The van der Waals surface area contributed by atoms with Crippen LogP contribution in [0.4, 0.5) is 0 Å². The second kappa shape index (κ2) is 2.84. The van der Waals surface area contributed by atoms with Gasteiger partial charge in [0.15, 0.2) is 0 Å². The van der Waals surface area contributed by atoms with E-state index < -0.39 is 5.97 Å². The van der Waals surface area contributed by atoms with Crippen LogP contribution in [-0.4, -0.2) is 24.2 Å². The molecule has 1 aliphatic rings. The van der Waals surface area contributed by atoms with Gasteiger partial charge in [-0.25, -0.2) is 0 Å². The Hall–Kier alpha value is -0.830. The first-order chi connectivity index (χ1) is 4.70. The van der Waals surface area contributed by atoms with Gasteiger partial charge in [-0.2, -0.15) is 0 Å². The van der Waals surface area contributed by atoms with Crippen molar-refractivity contribution in [3.05, 3.63) is 12.2 Å². The van der Waals surface area contributed by atoms with Crippen LogP contribution in [0.1, 0.15) is 6.42 Å². The summed E-state index contributed by atoms with van der Waals surface area (Å²) in [4.78, 5) is 10.2. The van der Waals surface area contributed by atoms with Crippen LogP contribution in [0.25, 0.3) is 0 Å². The van der Waals surface area contributed by atoms with Gasteiger partial charge in [-0.1, -0.05) is 12.2 Å². The van der Waals surface area contributed by atoms with Crippen LogP contribution in [0.3, 0.4) is 0 Å². The predicted octanol–water partition coefficient (Wildman–Crippen LogP) is 0.237. The zero-order valence-electron chi connectivity index (χ0n) is 5.76. The Kier molecular flexibility index (Phi) is 2.06. The van der Waals surface area contributed by atoms with Crippen LogP contribution < -0.4 is 5.32 Å². The minimum atomic E-state index is -0.741. The van der Waals surface area contributed by atoms with E-state index in [1.807, 2.05) is 0 Å². The smallest absolute Gasteiger partial charge is 0.304 e. The number of carboxylic acid groups (broad SMARTS) is 1. The van der Waals surface area contributed by atoms with Gasteiger partial charge in [0, 0.05) is 19.0 Å². The molecule has 1 unspecified atom stereocenters. The molecule has 3 nitrogen and oxygen atoms in total. The fraction of sp³-hybridized carbons (Fsp3) is 0.571. The van der Waals surface area contributed by atoms with E-state index in [4.69, 9.17) is 5.11 Å². The molecule has 0 aromatic carbocycles. The Balaban J connectivity index is 2.40. The van der Waals surface area contributed by atoms with Gasteiger partial charge < -0.3 is 10.4 Å². The third kappa shape index (κ3) is 1.57. The summed E-state index contributed by atoms with van der Waals surface area (Å²) < 4.78 is 0. The monoisotopic (exact) mass is 141 g/mol. The van der Waals surface area contributed by atoms with E-state index in [9.17, 15) is 4.79 Å². The summed E-state index contributed by atoms with van der Waals surface area (Å²) >= 11 is 0. The van der Waals surface area contributed by atoms with Crippen molar-refractivity contribution >= 4 is 5.97 Å². The van der Waals surface area contributed by atoms with Gasteiger partial charge in [0.1, 0.15) is 0 Å². The van der Waals surface area contributed by atoms with Gasteiger partial charge in [0.25, 0.3) is 0 Å². The lowest BCUT2D eigenvalue weighted by molar-refractivity contribution is -0.137. The Morgan fingerprint density at radius 1 is 1.90 bits per heavy atom. The Bertz CT molecular complexity index is 165. The maximum absolute atomic E-state index is 10.2. The maximum Gasteiger partial charge on any atom is 0.304 e. The summed E-state index contributed by atoms with van der Waals surface area (Å²) in [7, 11) is 0. The molecule has 0 aromatic heterocycles. The van der Waals surface area contributed by atoms with Crippen molar-refractivity contribution in [2.75, 3.05) is 13.1 Å². The molecular weight excluding hydrogens is 130 g/mol. The summed E-state index contributed by atoms with van der Waals surface area (Å²) in [5.74, 6) is -0.590. The summed E-state index contributed by atoms with van der Waals surface area (Å²) in [6.07, 6.45) is 0.214. The first-order valence-corrected chi connectivity index (χ1v) is 3.30. The van der Waals surface area contributed by atoms with E-state index in [1.54, 1.807) is 0 Å². The highest BCUT2D eigenvalue weighted by atomic mass is 16.4. The quantitative estimate of drug-likeness (QED) is 0.541. The van der Waals surface area contributed by atoms with Crippen molar-refractivity contribution in [3.63, 3.8) is 0 Å². The number of carbonyl (C=O) groups is 1. The van der Waals surface area contributed by atoms with Gasteiger partial charge in [-0.3, -0.25) is 4.79 Å². The number of aliphatic carboxylic acids is 1. The minimum absolute atomic E-state index is 0.150. The van der Waals surface area contributed by atoms with Crippen molar-refractivity contribution in [1.29, 1.82) is 0 Å². The molecule has 56 valence electrons. The van der Waals surface area contributed by atoms with Gasteiger partial charge in [0.05, 0.1) is 6.42 Å². The molecule has 1 atom stereocenters. The molecule has 1 saturated heterocycles. The van der Waals surface area contributed by atoms with Gasteiger partial charge in [-0.15, -0.1) is 0 Å². The SMILES string of the molecule is C=C1CNCC1CC(=O)O. The normalized spacial score (nSPS) is 25.2. The van der Waals surface area contributed by atoms with E-state index in [2.05, 4.69) is 11.9 Å². The predicted molar refractivity (Wildman–Crippen MR) is 37.8 cm³/mol. The van der Waals surface area contributed by atoms with Crippen molar-refractivity contribution < 1.29 is 9.90 Å². The molecule has 0 aliphatic carbocycles. The van der Waals surface area contributed by atoms with Crippen molar-refractivity contribution in [2.45, 2.75) is 6.42 Å². The fourth-order valence-electron chi connectivity index (χ4n) is 1.12. The summed E-state index contributed by atoms with van der Waals surface area (Å²) in [5, 5.41) is 11.5. The summed E-state index contributed by atoms with van der Waals surface area (Å²) in [5.41, 5.74) is 1.02. The molecule has 0 bridgehead atoms. The second-order valence-electron chi connectivity index (χ2n) is 2.58. The number of hydrogen-bond acceptors (Lipinski definition) is 2. The van der Waals surface area contributed by atoms with Crippen molar-refractivity contribution in [3.8, 4) is 0 Å². The molecule has 0 aromatic rings. The molecule has 1 fully saturated rings. The molecule has 2 N–H and O–H groups in total.